The number of benzene rings is 2. The van der Waals surface area contributed by atoms with Gasteiger partial charge in [-0.1, -0.05) is 30.3 Å². The van der Waals surface area contributed by atoms with E-state index < -0.39 is 23.3 Å². The topological polar surface area (TPSA) is 77.5 Å². The van der Waals surface area contributed by atoms with Crippen LogP contribution >= 0.6 is 0 Å². The van der Waals surface area contributed by atoms with Crippen LogP contribution in [0.3, 0.4) is 0 Å². The number of hydrogen-bond donors (Lipinski definition) is 1. The van der Waals surface area contributed by atoms with Gasteiger partial charge in [0.15, 0.2) is 5.60 Å². The molecule has 7 heteroatoms. The number of esters is 1. The van der Waals surface area contributed by atoms with Gasteiger partial charge in [-0.15, -0.1) is 0 Å². The van der Waals surface area contributed by atoms with E-state index in [4.69, 9.17) is 9.47 Å². The number of hydrogen-bond acceptors (Lipinski definition) is 5. The van der Waals surface area contributed by atoms with Crippen LogP contribution in [0, 0.1) is 5.82 Å². The van der Waals surface area contributed by atoms with Crippen molar-refractivity contribution < 1.29 is 23.5 Å². The molecule has 2 heterocycles. The summed E-state index contributed by atoms with van der Waals surface area (Å²) in [7, 11) is 0. The molecule has 2 aromatic carbocycles. The second kappa shape index (κ2) is 7.94. The van der Waals surface area contributed by atoms with Crippen LogP contribution < -0.4 is 10.1 Å². The molecular formula is C23H19FN2O4. The lowest BCUT2D eigenvalue weighted by atomic mass is 9.89. The SMILES string of the molecule is CC1(C(=O)NCc2cccnc2Oc2cccc(F)c2)Cc2ccccc2C(=O)O1. The van der Waals surface area contributed by atoms with Crippen LogP contribution in [-0.2, 0) is 22.5 Å². The van der Waals surface area contributed by atoms with Gasteiger partial charge in [-0.2, -0.15) is 0 Å². The number of aromatic nitrogens is 1. The predicted octanol–water partition coefficient (Wildman–Crippen LogP) is 3.80. The molecular weight excluding hydrogens is 387 g/mol. The first kappa shape index (κ1) is 19.6. The molecule has 6 nitrogen and oxygen atoms in total. The number of nitrogens with zero attached hydrogens (tertiary/aromatic N) is 1. The lowest BCUT2D eigenvalue weighted by molar-refractivity contribution is -0.140. The summed E-state index contributed by atoms with van der Waals surface area (Å²) in [5, 5.41) is 2.79. The first-order valence-corrected chi connectivity index (χ1v) is 9.41. The van der Waals surface area contributed by atoms with Crippen LogP contribution in [0.25, 0.3) is 0 Å². The van der Waals surface area contributed by atoms with Crippen molar-refractivity contribution in [3.05, 3.63) is 89.4 Å². The molecule has 0 fully saturated rings. The molecule has 1 aromatic heterocycles. The van der Waals surface area contributed by atoms with Gasteiger partial charge in [0, 0.05) is 30.8 Å². The van der Waals surface area contributed by atoms with Gasteiger partial charge in [-0.05, 0) is 36.8 Å². The fourth-order valence-corrected chi connectivity index (χ4v) is 3.31. The largest absolute Gasteiger partial charge is 0.445 e. The van der Waals surface area contributed by atoms with E-state index in [0.717, 1.165) is 5.56 Å². The van der Waals surface area contributed by atoms with Crippen LogP contribution in [-0.4, -0.2) is 22.5 Å². The Bertz CT molecular complexity index is 1120. The Morgan fingerprint density at radius 3 is 2.87 bits per heavy atom. The summed E-state index contributed by atoms with van der Waals surface area (Å²) in [4.78, 5) is 29.3. The fraction of sp³-hybridized carbons (Fsp3) is 0.174. The van der Waals surface area contributed by atoms with E-state index in [1.54, 1.807) is 43.5 Å². The van der Waals surface area contributed by atoms with Gasteiger partial charge in [-0.3, -0.25) is 4.79 Å². The maximum Gasteiger partial charge on any atom is 0.339 e. The van der Waals surface area contributed by atoms with Crippen molar-refractivity contribution in [1.29, 1.82) is 0 Å². The third-order valence-electron chi connectivity index (χ3n) is 4.86. The Labute approximate surface area is 172 Å². The first-order valence-electron chi connectivity index (χ1n) is 9.41. The molecule has 0 aliphatic carbocycles. The summed E-state index contributed by atoms with van der Waals surface area (Å²) in [5.41, 5.74) is 0.516. The van der Waals surface area contributed by atoms with Gasteiger partial charge in [-0.25, -0.2) is 14.2 Å². The highest BCUT2D eigenvalue weighted by atomic mass is 19.1. The minimum Gasteiger partial charge on any atom is -0.445 e. The minimum absolute atomic E-state index is 0.103. The Hall–Kier alpha value is -3.74. The molecule has 3 aromatic rings. The maximum atomic E-state index is 13.4. The lowest BCUT2D eigenvalue weighted by Gasteiger charge is -2.33. The molecule has 0 bridgehead atoms. The summed E-state index contributed by atoms with van der Waals surface area (Å²) < 4.78 is 24.5. The molecule has 1 N–H and O–H groups in total. The smallest absolute Gasteiger partial charge is 0.339 e. The molecule has 0 saturated carbocycles. The third kappa shape index (κ3) is 4.00. The molecule has 1 atom stereocenters. The van der Waals surface area contributed by atoms with Crippen molar-refractivity contribution in [1.82, 2.24) is 10.3 Å². The van der Waals surface area contributed by atoms with Gasteiger partial charge in [0.2, 0.25) is 5.88 Å². The van der Waals surface area contributed by atoms with Gasteiger partial charge in [0.25, 0.3) is 5.91 Å². The second-order valence-electron chi connectivity index (χ2n) is 7.16. The number of carbonyl (C=O) groups is 2. The number of nitrogens with one attached hydrogen (secondary N) is 1. The summed E-state index contributed by atoms with van der Waals surface area (Å²) in [6, 6.07) is 16.2. The van der Waals surface area contributed by atoms with Crippen LogP contribution in [0.5, 0.6) is 11.6 Å². The van der Waals surface area contributed by atoms with Crippen LogP contribution in [0.1, 0.15) is 28.4 Å². The quantitative estimate of drug-likeness (QED) is 0.652. The highest BCUT2D eigenvalue weighted by Gasteiger charge is 2.42. The summed E-state index contributed by atoms with van der Waals surface area (Å²) in [5.74, 6) is -0.826. The number of carbonyl (C=O) groups excluding carboxylic acids is 2. The summed E-state index contributed by atoms with van der Waals surface area (Å²) in [6.45, 7) is 1.69. The zero-order valence-electron chi connectivity index (χ0n) is 16.2. The van der Waals surface area contributed by atoms with Gasteiger partial charge >= 0.3 is 5.97 Å². The van der Waals surface area contributed by atoms with Crippen molar-refractivity contribution in [2.24, 2.45) is 0 Å². The molecule has 1 aliphatic rings. The lowest BCUT2D eigenvalue weighted by Crippen LogP contribution is -2.51. The zero-order chi connectivity index (χ0) is 21.1. The molecule has 1 amide bonds. The number of rotatable bonds is 5. The number of amides is 1. The standard InChI is InChI=1S/C23H19FN2O4/c1-23(13-15-6-2-3-10-19(15)21(27)30-23)22(28)26-14-16-7-5-11-25-20(16)29-18-9-4-8-17(24)12-18/h2-12H,13-14H2,1H3,(H,26,28). The molecule has 30 heavy (non-hydrogen) atoms. The van der Waals surface area contributed by atoms with Crippen molar-refractivity contribution in [3.8, 4) is 11.6 Å². The Morgan fingerprint density at radius 2 is 2.03 bits per heavy atom. The van der Waals surface area contributed by atoms with E-state index in [9.17, 15) is 14.0 Å². The zero-order valence-corrected chi connectivity index (χ0v) is 16.2. The second-order valence-corrected chi connectivity index (χ2v) is 7.16. The number of fused-ring (bicyclic) bond motifs is 1. The molecule has 152 valence electrons. The highest BCUT2D eigenvalue weighted by molar-refractivity contribution is 5.97. The minimum atomic E-state index is -1.32. The molecule has 1 aliphatic heterocycles. The van der Waals surface area contributed by atoms with E-state index in [-0.39, 0.29) is 18.8 Å². The van der Waals surface area contributed by atoms with Gasteiger partial charge in [0.05, 0.1) is 5.56 Å². The predicted molar refractivity (Wildman–Crippen MR) is 107 cm³/mol. The van der Waals surface area contributed by atoms with E-state index in [2.05, 4.69) is 10.3 Å². The van der Waals surface area contributed by atoms with Crippen LogP contribution in [0.4, 0.5) is 4.39 Å². The Kier molecular flexibility index (Phi) is 5.18. The third-order valence-corrected chi connectivity index (χ3v) is 4.86. The van der Waals surface area contributed by atoms with Crippen molar-refractivity contribution in [2.75, 3.05) is 0 Å². The van der Waals surface area contributed by atoms with E-state index >= 15 is 0 Å². The van der Waals surface area contributed by atoms with E-state index in [1.807, 2.05) is 12.1 Å². The van der Waals surface area contributed by atoms with Crippen LogP contribution in [0.2, 0.25) is 0 Å². The van der Waals surface area contributed by atoms with Gasteiger partial charge < -0.3 is 14.8 Å². The summed E-state index contributed by atoms with van der Waals surface area (Å²) >= 11 is 0. The summed E-state index contributed by atoms with van der Waals surface area (Å²) in [6.07, 6.45) is 1.82. The first-order chi connectivity index (χ1) is 14.4. The Morgan fingerprint density at radius 1 is 1.20 bits per heavy atom. The molecule has 0 radical (unpaired) electrons. The fourth-order valence-electron chi connectivity index (χ4n) is 3.31. The average Bonchev–Trinajstić information content (AvgIpc) is 2.73. The molecule has 4 rings (SSSR count). The maximum absolute atomic E-state index is 13.4. The van der Waals surface area contributed by atoms with E-state index in [0.29, 0.717) is 16.9 Å². The number of cyclic esters (lactones) is 1. The van der Waals surface area contributed by atoms with E-state index in [1.165, 1.54) is 18.2 Å². The Balaban J connectivity index is 1.48. The normalized spacial score (nSPS) is 17.6. The molecule has 1 unspecified atom stereocenters. The molecule has 0 spiro atoms. The average molecular weight is 406 g/mol. The van der Waals surface area contributed by atoms with Gasteiger partial charge in [0.1, 0.15) is 11.6 Å². The highest BCUT2D eigenvalue weighted by Crippen LogP contribution is 2.29. The van der Waals surface area contributed by atoms with Crippen molar-refractivity contribution in [2.45, 2.75) is 25.5 Å². The molecule has 0 saturated heterocycles. The number of pyridine rings is 1. The number of halogens is 1. The van der Waals surface area contributed by atoms with Crippen molar-refractivity contribution in [3.63, 3.8) is 0 Å². The number of ether oxygens (including phenoxy) is 2. The van der Waals surface area contributed by atoms with Crippen molar-refractivity contribution >= 4 is 11.9 Å². The monoisotopic (exact) mass is 406 g/mol. The van der Waals surface area contributed by atoms with Crippen LogP contribution in [0.15, 0.2) is 66.9 Å².